The molecule has 7 aromatic rings. The average molecular weight is 629 g/mol. The van der Waals surface area contributed by atoms with Crippen LogP contribution in [0.5, 0.6) is 5.75 Å². The van der Waals surface area contributed by atoms with Crippen LogP contribution in [0.25, 0.3) is 69.0 Å². The van der Waals surface area contributed by atoms with Crippen LogP contribution in [-0.4, -0.2) is 66.0 Å². The van der Waals surface area contributed by atoms with Crippen LogP contribution in [0.1, 0.15) is 19.3 Å². The van der Waals surface area contributed by atoms with Crippen molar-refractivity contribution in [3.8, 4) is 74.7 Å². The number of likely N-dealkylation sites (tertiary alicyclic amines) is 1. The van der Waals surface area contributed by atoms with Gasteiger partial charge in [0.25, 0.3) is 0 Å². The molecular weight excluding hydrogens is 600 g/mol. The van der Waals surface area contributed by atoms with Gasteiger partial charge in [0.05, 0.1) is 24.8 Å². The van der Waals surface area contributed by atoms with Crippen LogP contribution in [0.2, 0.25) is 0 Å². The number of piperidine rings is 1. The van der Waals surface area contributed by atoms with E-state index < -0.39 is 0 Å². The van der Waals surface area contributed by atoms with Gasteiger partial charge in [-0.1, -0.05) is 18.6 Å². The van der Waals surface area contributed by atoms with Gasteiger partial charge < -0.3 is 22.4 Å². The van der Waals surface area contributed by atoms with Gasteiger partial charge in [-0.05, 0) is 50.2 Å². The number of ether oxygens (including phenoxy) is 1. The minimum absolute atomic E-state index is 0.334. The van der Waals surface area contributed by atoms with E-state index in [2.05, 4.69) is 34.8 Å². The molecule has 8 rings (SSSR count). The first-order chi connectivity index (χ1) is 23.2. The molecule has 0 saturated carbocycles. The number of nitrogens with zero attached hydrogens (tertiary/aromatic N) is 8. The summed E-state index contributed by atoms with van der Waals surface area (Å²) in [4.78, 5) is 33.5. The van der Waals surface area contributed by atoms with Gasteiger partial charge in [-0.2, -0.15) is 0 Å². The van der Waals surface area contributed by atoms with Gasteiger partial charge in [-0.3, -0.25) is 4.90 Å². The minimum atomic E-state index is 0.334. The largest absolute Gasteiger partial charge is 0.492 e. The first-order valence-electron chi connectivity index (χ1n) is 15.3. The van der Waals surface area contributed by atoms with E-state index in [0.717, 1.165) is 19.6 Å². The van der Waals surface area contributed by atoms with Crippen LogP contribution < -0.4 is 4.74 Å². The van der Waals surface area contributed by atoms with E-state index in [1.54, 1.807) is 24.8 Å². The number of aromatic nitrogens is 7. The van der Waals surface area contributed by atoms with E-state index in [1.165, 1.54) is 32.0 Å². The minimum Gasteiger partial charge on any atom is -0.492 e. The van der Waals surface area contributed by atoms with E-state index in [0.29, 0.717) is 81.3 Å². The molecular formula is C34H28N8O5. The van der Waals surface area contributed by atoms with Crippen molar-refractivity contribution in [2.75, 3.05) is 26.2 Å². The molecule has 13 heteroatoms. The fourth-order valence-corrected chi connectivity index (χ4v) is 5.41. The second-order valence-electron chi connectivity index (χ2n) is 10.9. The van der Waals surface area contributed by atoms with Gasteiger partial charge in [-0.15, -0.1) is 0 Å². The maximum absolute atomic E-state index is 6.27. The van der Waals surface area contributed by atoms with Crippen molar-refractivity contribution >= 4 is 0 Å². The molecule has 1 aliphatic rings. The molecule has 0 amide bonds. The summed E-state index contributed by atoms with van der Waals surface area (Å²) in [7, 11) is 0. The van der Waals surface area contributed by atoms with Gasteiger partial charge in [-0.25, -0.2) is 34.9 Å². The van der Waals surface area contributed by atoms with Crippen molar-refractivity contribution in [3.05, 3.63) is 86.1 Å². The van der Waals surface area contributed by atoms with E-state index in [9.17, 15) is 0 Å². The Morgan fingerprint density at radius 1 is 0.596 bits per heavy atom. The molecule has 8 heterocycles. The lowest BCUT2D eigenvalue weighted by Gasteiger charge is -2.26. The van der Waals surface area contributed by atoms with Crippen LogP contribution in [0.15, 0.2) is 104 Å². The molecule has 7 aromatic heterocycles. The topological polar surface area (TPSA) is 155 Å². The Balaban J connectivity index is 1.10. The molecule has 0 aliphatic carbocycles. The molecule has 1 aliphatic heterocycles. The summed E-state index contributed by atoms with van der Waals surface area (Å²) in [5.41, 5.74) is 3.35. The molecule has 0 N–H and O–H groups in total. The normalized spacial score (nSPS) is 13.6. The quantitative estimate of drug-likeness (QED) is 0.158. The standard InChI is InChI=1S/C34H28N8O5/c1-2-10-42(11-3-1)12-13-43-22-14-27(31-18-37-33(46-31)25-8-4-6-23(39-25)29-16-35-20-44-29)41-28(15-22)32-19-38-34(47-32)26-9-5-7-24(40-26)30-17-36-21-45-30/h4-9,14-21H,1-3,10-13H2. The molecule has 0 spiro atoms. The second kappa shape index (κ2) is 12.8. The van der Waals surface area contributed by atoms with Gasteiger partial charge in [0, 0.05) is 18.7 Å². The predicted octanol–water partition coefficient (Wildman–Crippen LogP) is 6.69. The Labute approximate surface area is 268 Å². The molecule has 0 unspecified atom stereocenters. The van der Waals surface area contributed by atoms with Gasteiger partial charge >= 0.3 is 0 Å². The van der Waals surface area contributed by atoms with E-state index >= 15 is 0 Å². The lowest BCUT2D eigenvalue weighted by Crippen LogP contribution is -2.33. The molecule has 234 valence electrons. The highest BCUT2D eigenvalue weighted by atomic mass is 16.5. The van der Waals surface area contributed by atoms with Crippen molar-refractivity contribution in [1.29, 1.82) is 0 Å². The van der Waals surface area contributed by atoms with Crippen molar-refractivity contribution in [2.45, 2.75) is 19.3 Å². The maximum atomic E-state index is 6.27. The number of rotatable bonds is 10. The Morgan fingerprint density at radius 3 is 1.66 bits per heavy atom. The lowest BCUT2D eigenvalue weighted by atomic mass is 10.1. The predicted molar refractivity (Wildman–Crippen MR) is 168 cm³/mol. The van der Waals surface area contributed by atoms with Gasteiger partial charge in [0.15, 0.2) is 35.8 Å². The summed E-state index contributed by atoms with van der Waals surface area (Å²) >= 11 is 0. The van der Waals surface area contributed by atoms with Gasteiger partial charge in [0.1, 0.15) is 46.5 Å². The number of hydrogen-bond acceptors (Lipinski definition) is 13. The molecule has 47 heavy (non-hydrogen) atoms. The third kappa shape index (κ3) is 6.29. The summed E-state index contributed by atoms with van der Waals surface area (Å²) in [6.07, 6.45) is 12.9. The highest BCUT2D eigenvalue weighted by molar-refractivity contribution is 5.66. The molecule has 0 atom stereocenters. The first kappa shape index (κ1) is 28.5. The summed E-state index contributed by atoms with van der Waals surface area (Å²) < 4.78 is 29.4. The zero-order valence-corrected chi connectivity index (χ0v) is 25.2. The lowest BCUT2D eigenvalue weighted by molar-refractivity contribution is 0.183. The summed E-state index contributed by atoms with van der Waals surface area (Å²) in [6.45, 7) is 3.56. The van der Waals surface area contributed by atoms with E-state index in [1.807, 2.05) is 48.5 Å². The van der Waals surface area contributed by atoms with Crippen LogP contribution >= 0.6 is 0 Å². The van der Waals surface area contributed by atoms with Gasteiger partial charge in [0.2, 0.25) is 11.8 Å². The van der Waals surface area contributed by atoms with Crippen LogP contribution in [0, 0.1) is 0 Å². The summed E-state index contributed by atoms with van der Waals surface area (Å²) in [6, 6.07) is 14.7. The summed E-state index contributed by atoms with van der Waals surface area (Å²) in [5.74, 6) is 3.26. The SMILES string of the molecule is c1cc(-c2cnco2)nc(-c2ncc(-c3cc(OCCN4CCCCC4)cc(-c4cnc(-c5cccc(-c6cnco6)n5)o4)n3)o2)c1. The second-order valence-corrected chi connectivity index (χ2v) is 10.9. The van der Waals surface area contributed by atoms with Crippen molar-refractivity contribution < 1.29 is 22.4 Å². The molecule has 13 nitrogen and oxygen atoms in total. The molecule has 1 saturated heterocycles. The zero-order valence-electron chi connectivity index (χ0n) is 25.2. The number of pyridine rings is 3. The Bertz CT molecular complexity index is 1950. The number of oxazole rings is 4. The van der Waals surface area contributed by atoms with Crippen molar-refractivity contribution in [1.82, 2.24) is 39.8 Å². The average Bonchev–Trinajstić information content (AvgIpc) is 3.97. The maximum Gasteiger partial charge on any atom is 0.245 e. The third-order valence-electron chi connectivity index (χ3n) is 7.75. The molecule has 0 radical (unpaired) electrons. The van der Waals surface area contributed by atoms with Crippen LogP contribution in [0.4, 0.5) is 0 Å². The molecule has 0 aromatic carbocycles. The van der Waals surface area contributed by atoms with Crippen molar-refractivity contribution in [3.63, 3.8) is 0 Å². The smallest absolute Gasteiger partial charge is 0.245 e. The first-order valence-corrected chi connectivity index (χ1v) is 15.3. The fraction of sp³-hybridized carbons (Fsp3) is 0.206. The van der Waals surface area contributed by atoms with Crippen molar-refractivity contribution in [2.24, 2.45) is 0 Å². The third-order valence-corrected chi connectivity index (χ3v) is 7.75. The Hall–Kier alpha value is -5.95. The van der Waals surface area contributed by atoms with E-state index in [4.69, 9.17) is 27.4 Å². The Kier molecular flexibility index (Phi) is 7.77. The summed E-state index contributed by atoms with van der Waals surface area (Å²) in [5, 5.41) is 0. The monoisotopic (exact) mass is 628 g/mol. The fourth-order valence-electron chi connectivity index (χ4n) is 5.41. The Morgan fingerprint density at radius 2 is 1.13 bits per heavy atom. The molecule has 0 bridgehead atoms. The number of hydrogen-bond donors (Lipinski definition) is 0. The highest BCUT2D eigenvalue weighted by Gasteiger charge is 2.19. The molecule has 1 fully saturated rings. The van der Waals surface area contributed by atoms with Crippen LogP contribution in [-0.2, 0) is 0 Å². The highest BCUT2D eigenvalue weighted by Crippen LogP contribution is 2.33. The van der Waals surface area contributed by atoms with E-state index in [-0.39, 0.29) is 0 Å². The zero-order chi connectivity index (χ0) is 31.4. The van der Waals surface area contributed by atoms with Crippen LogP contribution in [0.3, 0.4) is 0 Å².